The van der Waals surface area contributed by atoms with Crippen LogP contribution in [0.15, 0.2) is 41.8 Å². The van der Waals surface area contributed by atoms with Crippen LogP contribution in [0.1, 0.15) is 39.0 Å². The summed E-state index contributed by atoms with van der Waals surface area (Å²) in [5.41, 5.74) is 1.41. The summed E-state index contributed by atoms with van der Waals surface area (Å²) >= 11 is 1.86. The summed E-state index contributed by atoms with van der Waals surface area (Å²) in [6.07, 6.45) is 8.61. The van der Waals surface area contributed by atoms with Crippen molar-refractivity contribution in [2.75, 3.05) is 51.7 Å². The number of allylic oxidation sites excluding steroid dienone is 1. The lowest BCUT2D eigenvalue weighted by Gasteiger charge is -2.37. The normalized spacial score (nSPS) is 20.9. The van der Waals surface area contributed by atoms with Gasteiger partial charge in [0.15, 0.2) is 0 Å². The Balaban J connectivity index is 0.000000509. The lowest BCUT2D eigenvalue weighted by atomic mass is 9.84. The number of benzene rings is 1. The number of carboxylic acids is 1. The Labute approximate surface area is 213 Å². The van der Waals surface area contributed by atoms with E-state index in [1.165, 1.54) is 47.7 Å². The number of hydrogen-bond donors (Lipinski definition) is 2. The first-order valence-electron chi connectivity index (χ1n) is 12.6. The second-order valence-corrected chi connectivity index (χ2v) is 10.5. The Kier molecular flexibility index (Phi) is 10.4. The number of rotatable bonds is 6. The van der Waals surface area contributed by atoms with E-state index in [9.17, 15) is 9.59 Å². The Morgan fingerprint density at radius 1 is 1.11 bits per heavy atom. The largest absolute Gasteiger partial charge is 0.478 e. The zero-order valence-corrected chi connectivity index (χ0v) is 22.1. The quantitative estimate of drug-likeness (QED) is 0.553. The highest BCUT2D eigenvalue weighted by atomic mass is 32.1. The smallest absolute Gasteiger partial charge is 0.327 e. The predicted molar refractivity (Wildman–Crippen MR) is 146 cm³/mol. The van der Waals surface area contributed by atoms with Gasteiger partial charge in [-0.2, -0.15) is 0 Å². The molecule has 2 N–H and O–H groups in total. The van der Waals surface area contributed by atoms with Crippen molar-refractivity contribution in [2.24, 2.45) is 5.92 Å². The zero-order chi connectivity index (χ0) is 25.2. The molecule has 1 aliphatic heterocycles. The molecule has 1 aromatic heterocycles. The minimum Gasteiger partial charge on any atom is -0.478 e. The maximum atomic E-state index is 11.8. The molecule has 0 radical (unpaired) electrons. The van der Waals surface area contributed by atoms with E-state index >= 15 is 0 Å². The van der Waals surface area contributed by atoms with Crippen molar-refractivity contribution >= 4 is 39.1 Å². The third-order valence-electron chi connectivity index (χ3n) is 6.91. The number of carbonyl (C=O) groups is 2. The van der Waals surface area contributed by atoms with Crippen LogP contribution in [0.25, 0.3) is 10.1 Å². The van der Waals surface area contributed by atoms with Gasteiger partial charge in [-0.15, -0.1) is 11.3 Å². The lowest BCUT2D eigenvalue weighted by Crippen LogP contribution is -2.47. The number of nitrogens with zero attached hydrogens (tertiary/aromatic N) is 3. The first kappa shape index (κ1) is 27.0. The van der Waals surface area contributed by atoms with Crippen molar-refractivity contribution in [3.8, 4) is 0 Å². The van der Waals surface area contributed by atoms with Gasteiger partial charge >= 0.3 is 12.0 Å². The molecule has 0 atom stereocenters. The van der Waals surface area contributed by atoms with Gasteiger partial charge < -0.3 is 20.2 Å². The molecule has 1 aliphatic carbocycles. The Bertz CT molecular complexity index is 974. The van der Waals surface area contributed by atoms with Crippen molar-refractivity contribution in [3.63, 3.8) is 0 Å². The van der Waals surface area contributed by atoms with E-state index in [1.54, 1.807) is 11.8 Å². The highest BCUT2D eigenvalue weighted by Crippen LogP contribution is 2.32. The second kappa shape index (κ2) is 13.5. The third kappa shape index (κ3) is 8.25. The topological polar surface area (TPSA) is 76.1 Å². The summed E-state index contributed by atoms with van der Waals surface area (Å²) in [6, 6.07) is 9.32. The summed E-state index contributed by atoms with van der Waals surface area (Å²) < 4.78 is 1.43. The number of anilines is 1. The predicted octanol–water partition coefficient (Wildman–Crippen LogP) is 4.89. The molecule has 35 heavy (non-hydrogen) atoms. The Morgan fingerprint density at radius 3 is 2.43 bits per heavy atom. The van der Waals surface area contributed by atoms with Crippen molar-refractivity contribution < 1.29 is 14.7 Å². The number of carboxylic acid groups (broad SMARTS) is 1. The zero-order valence-electron chi connectivity index (χ0n) is 21.3. The molecular weight excluding hydrogens is 460 g/mol. The third-order valence-corrected chi connectivity index (χ3v) is 7.87. The second-order valence-electron chi connectivity index (χ2n) is 9.63. The molecule has 192 valence electrons. The Morgan fingerprint density at radius 2 is 1.83 bits per heavy atom. The van der Waals surface area contributed by atoms with E-state index in [4.69, 9.17) is 5.11 Å². The van der Waals surface area contributed by atoms with Crippen molar-refractivity contribution in [2.45, 2.75) is 45.1 Å². The van der Waals surface area contributed by atoms with Gasteiger partial charge in [0.05, 0.1) is 10.4 Å². The average Bonchev–Trinajstić information content (AvgIpc) is 3.33. The van der Waals surface area contributed by atoms with E-state index in [-0.39, 0.29) is 6.03 Å². The number of thiophene rings is 1. The van der Waals surface area contributed by atoms with Gasteiger partial charge in [0.1, 0.15) is 0 Å². The lowest BCUT2D eigenvalue weighted by molar-refractivity contribution is -0.131. The van der Waals surface area contributed by atoms with Crippen LogP contribution in [0.5, 0.6) is 0 Å². The summed E-state index contributed by atoms with van der Waals surface area (Å²) in [4.78, 5) is 28.2. The van der Waals surface area contributed by atoms with Crippen LogP contribution in [0.4, 0.5) is 10.5 Å². The molecule has 1 saturated heterocycles. The van der Waals surface area contributed by atoms with Gasteiger partial charge in [-0.1, -0.05) is 18.2 Å². The maximum absolute atomic E-state index is 11.8. The number of fused-ring (bicyclic) bond motifs is 1. The number of nitrogens with one attached hydrogen (secondary N) is 1. The first-order chi connectivity index (χ1) is 16.9. The molecule has 2 aliphatic rings. The number of aliphatic carboxylic acids is 1. The average molecular weight is 501 g/mol. The fourth-order valence-corrected chi connectivity index (χ4v) is 5.79. The molecule has 0 unspecified atom stereocenters. The summed E-state index contributed by atoms with van der Waals surface area (Å²) in [5.74, 6) is -0.0714. The molecule has 1 saturated carbocycles. The van der Waals surface area contributed by atoms with E-state index in [0.29, 0.717) is 6.04 Å². The molecule has 2 fully saturated rings. The number of amides is 2. The van der Waals surface area contributed by atoms with E-state index in [1.807, 2.05) is 25.4 Å². The molecule has 0 spiro atoms. The number of carbonyl (C=O) groups excluding carboxylic acids is 1. The molecular formula is C27H40N4O3S. The van der Waals surface area contributed by atoms with Crippen LogP contribution in [0.3, 0.4) is 0 Å². The molecule has 2 heterocycles. The van der Waals surface area contributed by atoms with Crippen LogP contribution < -0.4 is 10.2 Å². The summed E-state index contributed by atoms with van der Waals surface area (Å²) in [5, 5.41) is 14.5. The molecule has 4 rings (SSSR count). The molecule has 0 bridgehead atoms. The molecule has 8 heteroatoms. The fraction of sp³-hybridized carbons (Fsp3) is 0.556. The first-order valence-corrected chi connectivity index (χ1v) is 13.5. The molecule has 7 nitrogen and oxygen atoms in total. The number of urea groups is 1. The van der Waals surface area contributed by atoms with Crippen LogP contribution in [0.2, 0.25) is 0 Å². The maximum Gasteiger partial charge on any atom is 0.327 e. The van der Waals surface area contributed by atoms with E-state index < -0.39 is 5.97 Å². The highest BCUT2D eigenvalue weighted by Gasteiger charge is 2.24. The van der Waals surface area contributed by atoms with Crippen molar-refractivity contribution in [1.29, 1.82) is 0 Å². The summed E-state index contributed by atoms with van der Waals surface area (Å²) in [6.45, 7) is 7.46. The van der Waals surface area contributed by atoms with Gasteiger partial charge in [-0.05, 0) is 74.4 Å². The van der Waals surface area contributed by atoms with Crippen molar-refractivity contribution in [1.82, 2.24) is 15.1 Å². The molecule has 2 aromatic rings. The van der Waals surface area contributed by atoms with Crippen LogP contribution in [0, 0.1) is 5.92 Å². The van der Waals surface area contributed by atoms with Gasteiger partial charge in [-0.25, -0.2) is 9.59 Å². The standard InChI is InChI=1S/C23H34N4OS.C4H6O2/c1-25(2)23(28)24-20-8-6-18(7-9-20)10-12-26-13-15-27(16-14-26)21-5-3-4-19-11-17-29-22(19)21;1-2-3-4(5)6/h3-5,11,17-18,20H,6-10,12-16H2,1-2H3,(H,24,28);2-3H,1H3,(H,5,6)/b;3-2-. The minimum absolute atomic E-state index is 0.0459. The van der Waals surface area contributed by atoms with Gasteiger partial charge in [0, 0.05) is 52.4 Å². The summed E-state index contributed by atoms with van der Waals surface area (Å²) in [7, 11) is 3.61. The minimum atomic E-state index is -0.891. The molecule has 1 aromatic carbocycles. The van der Waals surface area contributed by atoms with Crippen LogP contribution in [-0.2, 0) is 4.79 Å². The van der Waals surface area contributed by atoms with E-state index in [0.717, 1.165) is 51.0 Å². The number of piperazine rings is 1. The van der Waals surface area contributed by atoms with Gasteiger partial charge in [0.2, 0.25) is 0 Å². The number of hydrogen-bond acceptors (Lipinski definition) is 5. The SMILES string of the molecule is C/C=C\C(=O)O.CN(C)C(=O)NC1CCC(CCN2CCN(c3cccc4ccsc34)CC2)CC1. The fourth-order valence-electron chi connectivity index (χ4n) is 4.85. The van der Waals surface area contributed by atoms with Crippen LogP contribution in [-0.4, -0.2) is 79.8 Å². The highest BCUT2D eigenvalue weighted by molar-refractivity contribution is 7.17. The van der Waals surface area contributed by atoms with Gasteiger partial charge in [0.25, 0.3) is 0 Å². The monoisotopic (exact) mass is 500 g/mol. The molecule has 2 amide bonds. The Hall–Kier alpha value is -2.58. The van der Waals surface area contributed by atoms with Crippen LogP contribution >= 0.6 is 11.3 Å². The van der Waals surface area contributed by atoms with Gasteiger partial charge in [-0.3, -0.25) is 4.90 Å². The van der Waals surface area contributed by atoms with Crippen molar-refractivity contribution in [3.05, 3.63) is 41.8 Å². The van der Waals surface area contributed by atoms with E-state index in [2.05, 4.69) is 44.8 Å².